The van der Waals surface area contributed by atoms with Crippen molar-refractivity contribution in [1.82, 2.24) is 14.7 Å². The van der Waals surface area contributed by atoms with Crippen molar-refractivity contribution >= 4 is 5.91 Å². The topological polar surface area (TPSA) is 56.6 Å². The summed E-state index contributed by atoms with van der Waals surface area (Å²) in [6, 6.07) is 7.61. The van der Waals surface area contributed by atoms with Gasteiger partial charge in [0.25, 0.3) is 5.91 Å². The van der Waals surface area contributed by atoms with Crippen LogP contribution in [0.5, 0.6) is 11.5 Å². The van der Waals surface area contributed by atoms with Crippen molar-refractivity contribution in [2.75, 3.05) is 19.8 Å². The molecule has 6 heteroatoms. The summed E-state index contributed by atoms with van der Waals surface area (Å²) in [6.07, 6.45) is 7.79. The highest BCUT2D eigenvalue weighted by Crippen LogP contribution is 2.31. The van der Waals surface area contributed by atoms with Crippen LogP contribution in [-0.4, -0.2) is 46.4 Å². The average Bonchev–Trinajstić information content (AvgIpc) is 3.04. The Morgan fingerprint density at radius 2 is 2.04 bits per heavy atom. The molecule has 25 heavy (non-hydrogen) atoms. The molecule has 0 saturated carbocycles. The molecule has 0 spiro atoms. The predicted molar refractivity (Wildman–Crippen MR) is 93.0 cm³/mol. The molecule has 3 heterocycles. The van der Waals surface area contributed by atoms with E-state index in [-0.39, 0.29) is 11.9 Å². The first kappa shape index (κ1) is 16.0. The first-order valence-corrected chi connectivity index (χ1v) is 8.99. The van der Waals surface area contributed by atoms with Crippen LogP contribution < -0.4 is 9.47 Å². The molecule has 1 aromatic heterocycles. The normalized spacial score (nSPS) is 20.2. The number of nitrogens with zero attached hydrogens (tertiary/aromatic N) is 3. The zero-order valence-electron chi connectivity index (χ0n) is 14.3. The zero-order valence-corrected chi connectivity index (χ0v) is 14.3. The number of amides is 1. The van der Waals surface area contributed by atoms with Gasteiger partial charge in [-0.05, 0) is 43.5 Å². The summed E-state index contributed by atoms with van der Waals surface area (Å²) < 4.78 is 13.3. The lowest BCUT2D eigenvalue weighted by molar-refractivity contribution is 0.0583. The Balaban J connectivity index is 1.54. The van der Waals surface area contributed by atoms with Crippen LogP contribution in [0.25, 0.3) is 0 Å². The quantitative estimate of drug-likeness (QED) is 0.861. The van der Waals surface area contributed by atoms with E-state index >= 15 is 0 Å². The Morgan fingerprint density at radius 1 is 1.16 bits per heavy atom. The van der Waals surface area contributed by atoms with Gasteiger partial charge < -0.3 is 14.4 Å². The molecular formula is C19H23N3O3. The number of hydrogen-bond acceptors (Lipinski definition) is 4. The van der Waals surface area contributed by atoms with Crippen LogP contribution in [0.2, 0.25) is 0 Å². The molecule has 132 valence electrons. The van der Waals surface area contributed by atoms with Crippen LogP contribution in [0.3, 0.4) is 0 Å². The second-order valence-corrected chi connectivity index (χ2v) is 6.59. The molecule has 2 aliphatic heterocycles. The van der Waals surface area contributed by atoms with Gasteiger partial charge >= 0.3 is 0 Å². The van der Waals surface area contributed by atoms with Gasteiger partial charge in [-0.15, -0.1) is 0 Å². The third-order valence-electron chi connectivity index (χ3n) is 4.84. The number of carbonyl (C=O) groups excluding carboxylic acids is 1. The zero-order chi connectivity index (χ0) is 17.1. The van der Waals surface area contributed by atoms with E-state index in [1.165, 1.54) is 0 Å². The van der Waals surface area contributed by atoms with Crippen molar-refractivity contribution in [3.63, 3.8) is 0 Å². The van der Waals surface area contributed by atoms with E-state index in [4.69, 9.17) is 9.47 Å². The van der Waals surface area contributed by atoms with Gasteiger partial charge in [-0.25, -0.2) is 0 Å². The lowest BCUT2D eigenvalue weighted by atomic mass is 10.0. The van der Waals surface area contributed by atoms with Crippen molar-refractivity contribution < 1.29 is 14.3 Å². The van der Waals surface area contributed by atoms with Crippen molar-refractivity contribution in [1.29, 1.82) is 0 Å². The minimum Gasteiger partial charge on any atom is -0.490 e. The summed E-state index contributed by atoms with van der Waals surface area (Å²) >= 11 is 0. The van der Waals surface area contributed by atoms with E-state index in [1.54, 1.807) is 6.20 Å². The molecular weight excluding hydrogens is 318 g/mol. The van der Waals surface area contributed by atoms with Crippen molar-refractivity contribution in [2.45, 2.75) is 38.3 Å². The molecule has 2 aliphatic rings. The second-order valence-electron chi connectivity index (χ2n) is 6.59. The number of benzene rings is 1. The number of fused-ring (bicyclic) bond motifs is 1. The largest absolute Gasteiger partial charge is 0.490 e. The molecule has 1 fully saturated rings. The Bertz CT molecular complexity index is 730. The first-order valence-electron chi connectivity index (χ1n) is 8.99. The van der Waals surface area contributed by atoms with Gasteiger partial charge in [0.1, 0.15) is 0 Å². The standard InChI is InChI=1S/C19H23N3O3/c23-19(15-6-7-17-18(13-15)25-12-4-11-24-17)22-10-2-1-5-16(22)14-21-9-3-8-20-21/h3,6-9,13,16H,1-2,4-5,10-12,14H2. The lowest BCUT2D eigenvalue weighted by Gasteiger charge is -2.36. The highest BCUT2D eigenvalue weighted by molar-refractivity contribution is 5.95. The van der Waals surface area contributed by atoms with Crippen molar-refractivity contribution in [3.05, 3.63) is 42.2 Å². The molecule has 0 aliphatic carbocycles. The number of piperidine rings is 1. The molecule has 2 aromatic rings. The predicted octanol–water partition coefficient (Wildman–Crippen LogP) is 2.74. The molecule has 6 nitrogen and oxygen atoms in total. The lowest BCUT2D eigenvalue weighted by Crippen LogP contribution is -2.45. The SMILES string of the molecule is O=C(c1ccc2c(c1)OCCCO2)N1CCCCC1Cn1cccn1. The summed E-state index contributed by atoms with van der Waals surface area (Å²) in [5, 5.41) is 4.29. The molecule has 1 amide bonds. The van der Waals surface area contributed by atoms with Crippen LogP contribution in [0, 0.1) is 0 Å². The third kappa shape index (κ3) is 3.48. The van der Waals surface area contributed by atoms with Gasteiger partial charge in [-0.3, -0.25) is 9.48 Å². The van der Waals surface area contributed by atoms with Crippen molar-refractivity contribution in [3.8, 4) is 11.5 Å². The minimum atomic E-state index is 0.0625. The molecule has 0 bridgehead atoms. The van der Waals surface area contributed by atoms with Gasteiger partial charge in [0.15, 0.2) is 11.5 Å². The van der Waals surface area contributed by atoms with Crippen LogP contribution in [-0.2, 0) is 6.54 Å². The van der Waals surface area contributed by atoms with Crippen LogP contribution in [0.4, 0.5) is 0 Å². The van der Waals surface area contributed by atoms with E-state index in [2.05, 4.69) is 5.10 Å². The Labute approximate surface area is 147 Å². The van der Waals surface area contributed by atoms with Crippen LogP contribution in [0.1, 0.15) is 36.0 Å². The Kier molecular flexibility index (Phi) is 4.59. The van der Waals surface area contributed by atoms with Crippen LogP contribution >= 0.6 is 0 Å². The fourth-order valence-corrected chi connectivity index (χ4v) is 3.54. The van der Waals surface area contributed by atoms with Crippen LogP contribution in [0.15, 0.2) is 36.7 Å². The monoisotopic (exact) mass is 341 g/mol. The van der Waals surface area contributed by atoms with Gasteiger partial charge in [-0.1, -0.05) is 0 Å². The summed E-state index contributed by atoms with van der Waals surface area (Å²) in [7, 11) is 0. The highest BCUT2D eigenvalue weighted by Gasteiger charge is 2.28. The molecule has 0 N–H and O–H groups in total. The molecule has 1 saturated heterocycles. The highest BCUT2D eigenvalue weighted by atomic mass is 16.5. The second kappa shape index (κ2) is 7.17. The Morgan fingerprint density at radius 3 is 2.88 bits per heavy atom. The maximum Gasteiger partial charge on any atom is 0.254 e. The number of ether oxygens (including phenoxy) is 2. The van der Waals surface area contributed by atoms with E-state index < -0.39 is 0 Å². The number of carbonyl (C=O) groups is 1. The molecule has 0 radical (unpaired) electrons. The first-order chi connectivity index (χ1) is 12.3. The summed E-state index contributed by atoms with van der Waals surface area (Å²) in [4.78, 5) is 15.1. The smallest absolute Gasteiger partial charge is 0.254 e. The molecule has 1 aromatic carbocycles. The van der Waals surface area contributed by atoms with E-state index in [0.717, 1.165) is 44.5 Å². The molecule has 1 atom stereocenters. The Hall–Kier alpha value is -2.50. The summed E-state index contributed by atoms with van der Waals surface area (Å²) in [5.74, 6) is 1.46. The van der Waals surface area contributed by atoms with E-state index in [9.17, 15) is 4.79 Å². The molecule has 4 rings (SSSR count). The number of likely N-dealkylation sites (tertiary alicyclic amines) is 1. The van der Waals surface area contributed by atoms with Gasteiger partial charge in [0.2, 0.25) is 0 Å². The van der Waals surface area contributed by atoms with Gasteiger partial charge in [0, 0.05) is 30.9 Å². The maximum absolute atomic E-state index is 13.1. The fraction of sp³-hybridized carbons (Fsp3) is 0.474. The summed E-state index contributed by atoms with van der Waals surface area (Å²) in [5.41, 5.74) is 0.664. The average molecular weight is 341 g/mol. The third-order valence-corrected chi connectivity index (χ3v) is 4.84. The molecule has 1 unspecified atom stereocenters. The number of rotatable bonds is 3. The van der Waals surface area contributed by atoms with E-state index in [0.29, 0.717) is 24.5 Å². The number of aromatic nitrogens is 2. The summed E-state index contributed by atoms with van der Waals surface area (Å²) in [6.45, 7) is 2.80. The minimum absolute atomic E-state index is 0.0625. The fourth-order valence-electron chi connectivity index (χ4n) is 3.54. The number of hydrogen-bond donors (Lipinski definition) is 0. The van der Waals surface area contributed by atoms with E-state index in [1.807, 2.05) is 40.0 Å². The van der Waals surface area contributed by atoms with Gasteiger partial charge in [-0.2, -0.15) is 5.10 Å². The maximum atomic E-state index is 13.1. The van der Waals surface area contributed by atoms with Gasteiger partial charge in [0.05, 0.1) is 25.8 Å². The van der Waals surface area contributed by atoms with Crippen molar-refractivity contribution in [2.24, 2.45) is 0 Å².